The Morgan fingerprint density at radius 2 is 2.18 bits per heavy atom. The number of carbonyl (C=O) groups is 1. The average Bonchev–Trinajstić information content (AvgIpc) is 2.48. The summed E-state index contributed by atoms with van der Waals surface area (Å²) in [7, 11) is 1.38. The van der Waals surface area contributed by atoms with Gasteiger partial charge in [0.15, 0.2) is 11.5 Å². The first kappa shape index (κ1) is 16.5. The van der Waals surface area contributed by atoms with Crippen molar-refractivity contribution >= 4 is 22.7 Å². The molecule has 1 unspecified atom stereocenters. The van der Waals surface area contributed by atoms with Crippen LogP contribution in [0.1, 0.15) is 25.3 Å². The maximum atomic E-state index is 12.3. The Bertz CT molecular complexity index is 581. The van der Waals surface area contributed by atoms with E-state index in [9.17, 15) is 13.6 Å². The zero-order valence-electron chi connectivity index (χ0n) is 12.1. The van der Waals surface area contributed by atoms with Gasteiger partial charge < -0.3 is 9.47 Å². The van der Waals surface area contributed by atoms with Gasteiger partial charge in [0, 0.05) is 5.56 Å². The first-order chi connectivity index (χ1) is 10.5. The number of amides is 1. The van der Waals surface area contributed by atoms with Crippen LogP contribution in [0.15, 0.2) is 23.3 Å². The van der Waals surface area contributed by atoms with E-state index in [0.29, 0.717) is 11.3 Å². The minimum atomic E-state index is -2.92. The molecule has 120 valence electrons. The normalized spacial score (nSPS) is 18.0. The van der Waals surface area contributed by atoms with E-state index >= 15 is 0 Å². The van der Waals surface area contributed by atoms with E-state index in [-0.39, 0.29) is 22.0 Å². The minimum absolute atomic E-state index is 0.0404. The molecular weight excluding hydrogens is 314 g/mol. The summed E-state index contributed by atoms with van der Waals surface area (Å²) in [6.07, 6.45) is 1.68. The van der Waals surface area contributed by atoms with Gasteiger partial charge in [-0.05, 0) is 24.6 Å². The van der Waals surface area contributed by atoms with E-state index in [4.69, 9.17) is 4.74 Å². The standard InChI is InChI=1S/C14H16F2N2O3S/c1-3-4-11-12(17-18-14(19)22-11)8-5-6-9(21-13(15)16)10(7-8)20-2/h5-7,11,13H,3-4H2,1-2H3,(H,18,19). The highest BCUT2D eigenvalue weighted by atomic mass is 32.2. The Morgan fingerprint density at radius 3 is 2.82 bits per heavy atom. The molecule has 0 fully saturated rings. The third-order valence-corrected chi connectivity index (χ3v) is 4.10. The van der Waals surface area contributed by atoms with Gasteiger partial charge in [-0.25, -0.2) is 5.43 Å². The quantitative estimate of drug-likeness (QED) is 0.865. The summed E-state index contributed by atoms with van der Waals surface area (Å²) in [6.45, 7) is -0.903. The van der Waals surface area contributed by atoms with Gasteiger partial charge >= 0.3 is 6.61 Å². The van der Waals surface area contributed by atoms with Crippen LogP contribution in [0.5, 0.6) is 11.5 Å². The van der Waals surface area contributed by atoms with Crippen molar-refractivity contribution in [2.45, 2.75) is 31.6 Å². The van der Waals surface area contributed by atoms with Gasteiger partial charge in [-0.1, -0.05) is 25.1 Å². The van der Waals surface area contributed by atoms with Crippen molar-refractivity contribution in [2.75, 3.05) is 7.11 Å². The van der Waals surface area contributed by atoms with Gasteiger partial charge in [0.2, 0.25) is 0 Å². The van der Waals surface area contributed by atoms with Gasteiger partial charge in [-0.2, -0.15) is 13.9 Å². The Kier molecular flexibility index (Phi) is 5.59. The lowest BCUT2D eigenvalue weighted by Gasteiger charge is -2.22. The molecule has 5 nitrogen and oxygen atoms in total. The maximum absolute atomic E-state index is 12.3. The molecule has 22 heavy (non-hydrogen) atoms. The molecule has 0 bridgehead atoms. The fourth-order valence-corrected chi connectivity index (χ4v) is 3.13. The second-order valence-corrected chi connectivity index (χ2v) is 5.71. The second kappa shape index (κ2) is 7.44. The van der Waals surface area contributed by atoms with E-state index in [1.54, 1.807) is 12.1 Å². The van der Waals surface area contributed by atoms with Crippen molar-refractivity contribution in [3.63, 3.8) is 0 Å². The van der Waals surface area contributed by atoms with Crippen molar-refractivity contribution in [3.05, 3.63) is 23.8 Å². The molecule has 0 spiro atoms. The summed E-state index contributed by atoms with van der Waals surface area (Å²) >= 11 is 1.17. The number of nitrogens with one attached hydrogen (secondary N) is 1. The second-order valence-electron chi connectivity index (χ2n) is 4.54. The average molecular weight is 330 g/mol. The lowest BCUT2D eigenvalue weighted by Crippen LogP contribution is -2.31. The van der Waals surface area contributed by atoms with Crippen molar-refractivity contribution in [3.8, 4) is 11.5 Å². The van der Waals surface area contributed by atoms with Crippen LogP contribution in [-0.4, -0.2) is 29.9 Å². The predicted molar refractivity (Wildman–Crippen MR) is 81.0 cm³/mol. The molecule has 0 aliphatic carbocycles. The molecule has 2 rings (SSSR count). The van der Waals surface area contributed by atoms with Crippen LogP contribution < -0.4 is 14.9 Å². The third-order valence-electron chi connectivity index (χ3n) is 3.05. The Labute approximate surface area is 131 Å². The Hall–Kier alpha value is -1.83. The first-order valence-electron chi connectivity index (χ1n) is 6.72. The van der Waals surface area contributed by atoms with Gasteiger partial charge in [-0.3, -0.25) is 4.79 Å². The van der Waals surface area contributed by atoms with Crippen molar-refractivity contribution in [1.82, 2.24) is 5.43 Å². The number of benzene rings is 1. The number of ether oxygens (including phenoxy) is 2. The van der Waals surface area contributed by atoms with Crippen LogP contribution in [0.4, 0.5) is 13.6 Å². The third kappa shape index (κ3) is 3.88. The summed E-state index contributed by atoms with van der Waals surface area (Å²) in [4.78, 5) is 11.4. The molecule has 1 N–H and O–H groups in total. The van der Waals surface area contributed by atoms with E-state index in [2.05, 4.69) is 15.3 Å². The molecule has 0 saturated carbocycles. The number of hydrazone groups is 1. The number of carbonyl (C=O) groups excluding carboxylic acids is 1. The summed E-state index contributed by atoms with van der Waals surface area (Å²) in [6, 6.07) is 4.62. The monoisotopic (exact) mass is 330 g/mol. The van der Waals surface area contributed by atoms with Crippen molar-refractivity contribution < 1.29 is 23.0 Å². The number of methoxy groups -OCH3 is 1. The van der Waals surface area contributed by atoms with Crippen LogP contribution >= 0.6 is 11.8 Å². The number of hydrogen-bond donors (Lipinski definition) is 1. The fraction of sp³-hybridized carbons (Fsp3) is 0.429. The van der Waals surface area contributed by atoms with E-state index in [1.165, 1.54) is 24.9 Å². The zero-order valence-corrected chi connectivity index (χ0v) is 13.0. The fourth-order valence-electron chi connectivity index (χ4n) is 2.12. The number of hydrogen-bond acceptors (Lipinski definition) is 5. The molecule has 0 radical (unpaired) electrons. The van der Waals surface area contributed by atoms with Gasteiger partial charge in [0.25, 0.3) is 5.24 Å². The zero-order chi connectivity index (χ0) is 16.1. The highest BCUT2D eigenvalue weighted by molar-refractivity contribution is 8.14. The van der Waals surface area contributed by atoms with Gasteiger partial charge in [0.05, 0.1) is 18.1 Å². The lowest BCUT2D eigenvalue weighted by atomic mass is 10.0. The molecule has 1 heterocycles. The highest BCUT2D eigenvalue weighted by Gasteiger charge is 2.26. The van der Waals surface area contributed by atoms with Gasteiger partial charge in [0.1, 0.15) is 0 Å². The number of rotatable bonds is 6. The van der Waals surface area contributed by atoms with Crippen LogP contribution in [0.25, 0.3) is 0 Å². The Balaban J connectivity index is 2.32. The molecule has 8 heteroatoms. The summed E-state index contributed by atoms with van der Waals surface area (Å²) in [5.74, 6) is 0.152. The molecular formula is C14H16F2N2O3S. The molecule has 1 aromatic rings. The molecule has 1 atom stereocenters. The number of thioether (sulfide) groups is 1. The van der Waals surface area contributed by atoms with E-state index in [0.717, 1.165) is 12.8 Å². The Morgan fingerprint density at radius 1 is 1.41 bits per heavy atom. The molecule has 1 amide bonds. The highest BCUT2D eigenvalue weighted by Crippen LogP contribution is 2.32. The van der Waals surface area contributed by atoms with Crippen LogP contribution in [0, 0.1) is 0 Å². The SMILES string of the molecule is CCCC1SC(=O)NN=C1c1ccc(OC(F)F)c(OC)c1. The summed E-state index contributed by atoms with van der Waals surface area (Å²) in [5, 5.41) is 3.82. The van der Waals surface area contributed by atoms with Crippen LogP contribution in [-0.2, 0) is 0 Å². The van der Waals surface area contributed by atoms with Crippen molar-refractivity contribution in [2.24, 2.45) is 5.10 Å². The minimum Gasteiger partial charge on any atom is -0.493 e. The summed E-state index contributed by atoms with van der Waals surface area (Å²) in [5.41, 5.74) is 3.81. The van der Waals surface area contributed by atoms with E-state index in [1.807, 2.05) is 6.92 Å². The largest absolute Gasteiger partial charge is 0.493 e. The number of halogens is 2. The molecule has 0 aromatic heterocycles. The molecule has 1 aliphatic rings. The van der Waals surface area contributed by atoms with Crippen molar-refractivity contribution in [1.29, 1.82) is 0 Å². The van der Waals surface area contributed by atoms with E-state index < -0.39 is 6.61 Å². The first-order valence-corrected chi connectivity index (χ1v) is 7.60. The van der Waals surface area contributed by atoms with Crippen LogP contribution in [0.2, 0.25) is 0 Å². The predicted octanol–water partition coefficient (Wildman–Crippen LogP) is 3.63. The van der Waals surface area contributed by atoms with Crippen LogP contribution in [0.3, 0.4) is 0 Å². The molecule has 0 saturated heterocycles. The molecule has 1 aromatic carbocycles. The number of alkyl halides is 2. The lowest BCUT2D eigenvalue weighted by molar-refractivity contribution is -0.0512. The maximum Gasteiger partial charge on any atom is 0.387 e. The summed E-state index contributed by atoms with van der Waals surface area (Å²) < 4.78 is 34.2. The van der Waals surface area contributed by atoms with Gasteiger partial charge in [-0.15, -0.1) is 0 Å². The number of nitrogens with zero attached hydrogens (tertiary/aromatic N) is 1. The molecule has 1 aliphatic heterocycles. The smallest absolute Gasteiger partial charge is 0.387 e. The topological polar surface area (TPSA) is 59.9 Å².